The van der Waals surface area contributed by atoms with Gasteiger partial charge in [0.25, 0.3) is 11.8 Å². The van der Waals surface area contributed by atoms with Gasteiger partial charge in [0.2, 0.25) is 11.8 Å². The van der Waals surface area contributed by atoms with E-state index in [1.54, 1.807) is 68.8 Å². The van der Waals surface area contributed by atoms with Gasteiger partial charge in [-0.05, 0) is 77.9 Å². The molecule has 0 bridgehead atoms. The number of aryl methyl sites for hydroxylation is 1. The lowest BCUT2D eigenvalue weighted by Gasteiger charge is -2.26. The number of carbonyl (C=O) groups excluding carboxylic acids is 4. The number of methoxy groups -OCH3 is 1. The van der Waals surface area contributed by atoms with Crippen molar-refractivity contribution < 1.29 is 23.9 Å². The van der Waals surface area contributed by atoms with Crippen molar-refractivity contribution in [2.75, 3.05) is 19.5 Å². The number of hydrogen-bond donors (Lipinski definition) is 4. The molecule has 0 heterocycles. The fourth-order valence-electron chi connectivity index (χ4n) is 4.28. The third-order valence-corrected chi connectivity index (χ3v) is 6.57. The van der Waals surface area contributed by atoms with E-state index in [4.69, 9.17) is 4.74 Å². The van der Waals surface area contributed by atoms with Gasteiger partial charge in [0.05, 0.1) is 7.11 Å². The number of rotatable bonds is 12. The van der Waals surface area contributed by atoms with Crippen LogP contribution in [0.3, 0.4) is 0 Å². The van der Waals surface area contributed by atoms with Gasteiger partial charge in [-0.15, -0.1) is 0 Å². The van der Waals surface area contributed by atoms with Gasteiger partial charge in [-0.25, -0.2) is 0 Å². The first-order valence-corrected chi connectivity index (χ1v) is 13.9. The highest BCUT2D eigenvalue weighted by Crippen LogP contribution is 2.22. The zero-order valence-corrected chi connectivity index (χ0v) is 24.9. The average molecular weight is 573 g/mol. The van der Waals surface area contributed by atoms with Crippen LogP contribution in [0.1, 0.15) is 65.5 Å². The molecule has 9 nitrogen and oxygen atoms in total. The van der Waals surface area contributed by atoms with Crippen molar-refractivity contribution in [3.63, 3.8) is 0 Å². The molecule has 0 aliphatic heterocycles. The molecule has 0 spiro atoms. The van der Waals surface area contributed by atoms with Crippen molar-refractivity contribution in [1.29, 1.82) is 0 Å². The van der Waals surface area contributed by atoms with Gasteiger partial charge in [-0.3, -0.25) is 19.2 Å². The second-order valence-electron chi connectivity index (χ2n) is 11.3. The minimum absolute atomic E-state index is 0.0306. The van der Waals surface area contributed by atoms with E-state index in [2.05, 4.69) is 21.3 Å². The molecule has 0 unspecified atom stereocenters. The maximum absolute atomic E-state index is 13.3. The van der Waals surface area contributed by atoms with Gasteiger partial charge in [-0.1, -0.05) is 45.0 Å². The third-order valence-electron chi connectivity index (χ3n) is 6.57. The number of carbonyl (C=O) groups is 4. The summed E-state index contributed by atoms with van der Waals surface area (Å²) in [7, 11) is 3.17. The van der Waals surface area contributed by atoms with Crippen LogP contribution in [0.15, 0.2) is 72.8 Å². The lowest BCUT2D eigenvalue weighted by Crippen LogP contribution is -2.45. The molecule has 0 saturated heterocycles. The van der Waals surface area contributed by atoms with Crippen molar-refractivity contribution in [2.24, 2.45) is 5.41 Å². The van der Waals surface area contributed by atoms with Crippen molar-refractivity contribution in [3.05, 3.63) is 95.1 Å². The summed E-state index contributed by atoms with van der Waals surface area (Å²) in [4.78, 5) is 50.6. The smallest absolute Gasteiger partial charge is 0.251 e. The summed E-state index contributed by atoms with van der Waals surface area (Å²) < 4.78 is 5.13. The predicted octanol–water partition coefficient (Wildman–Crippen LogP) is 4.48. The molecule has 3 aromatic carbocycles. The first-order valence-electron chi connectivity index (χ1n) is 13.9. The van der Waals surface area contributed by atoms with Crippen molar-refractivity contribution in [2.45, 2.75) is 52.6 Å². The Hall–Kier alpha value is -4.66. The molecule has 42 heavy (non-hydrogen) atoms. The molecule has 9 heteroatoms. The van der Waals surface area contributed by atoms with Crippen molar-refractivity contribution in [1.82, 2.24) is 16.0 Å². The van der Waals surface area contributed by atoms with Crippen LogP contribution in [-0.4, -0.2) is 43.8 Å². The number of anilines is 1. The molecule has 222 valence electrons. The van der Waals surface area contributed by atoms with Crippen molar-refractivity contribution in [3.8, 4) is 5.75 Å². The third kappa shape index (κ3) is 10.1. The van der Waals surface area contributed by atoms with Crippen LogP contribution in [0.2, 0.25) is 0 Å². The highest BCUT2D eigenvalue weighted by molar-refractivity contribution is 6.01. The van der Waals surface area contributed by atoms with Crippen LogP contribution in [0.25, 0.3) is 0 Å². The molecule has 4 amide bonds. The molecule has 3 aromatic rings. The molecule has 0 aromatic heterocycles. The summed E-state index contributed by atoms with van der Waals surface area (Å²) in [6.45, 7) is 6.25. The second-order valence-corrected chi connectivity index (χ2v) is 11.3. The van der Waals surface area contributed by atoms with Crippen LogP contribution in [0.4, 0.5) is 5.69 Å². The zero-order valence-electron chi connectivity index (χ0n) is 24.9. The lowest BCUT2D eigenvalue weighted by molar-refractivity contribution is -0.120. The fraction of sp³-hybridized carbons (Fsp3) is 0.333. The van der Waals surface area contributed by atoms with E-state index >= 15 is 0 Å². The van der Waals surface area contributed by atoms with Gasteiger partial charge >= 0.3 is 0 Å². The maximum atomic E-state index is 13.3. The normalized spacial score (nSPS) is 11.6. The standard InChI is InChI=1S/C33H40N4O5/c1-33(2,3)20-28(32(41)36-26-14-9-22(10-15-26)11-18-29(38)34-4)37-31(40)25-8-6-7-23(19-25)21-35-30(39)24-12-16-27(42-5)17-13-24/h6-10,12-17,19,28H,11,18,20-21H2,1-5H3,(H,34,38)(H,35,39)(H,36,41)(H,37,40)/t28-/m0/s1. The predicted molar refractivity (Wildman–Crippen MR) is 163 cm³/mol. The Morgan fingerprint density at radius 3 is 2.14 bits per heavy atom. The van der Waals surface area contributed by atoms with Crippen LogP contribution in [-0.2, 0) is 22.6 Å². The molecule has 1 atom stereocenters. The van der Waals surface area contributed by atoms with E-state index in [1.165, 1.54) is 0 Å². The molecule has 3 rings (SSSR count). The van der Waals surface area contributed by atoms with E-state index in [0.717, 1.165) is 11.1 Å². The van der Waals surface area contributed by atoms with E-state index in [1.807, 2.05) is 39.0 Å². The Kier molecular flexibility index (Phi) is 11.2. The van der Waals surface area contributed by atoms with Crippen LogP contribution < -0.4 is 26.0 Å². The molecular weight excluding hydrogens is 532 g/mol. The topological polar surface area (TPSA) is 126 Å². The monoisotopic (exact) mass is 572 g/mol. The molecule has 0 fully saturated rings. The first-order chi connectivity index (χ1) is 20.0. The van der Waals surface area contributed by atoms with Gasteiger partial charge < -0.3 is 26.0 Å². The Morgan fingerprint density at radius 2 is 1.52 bits per heavy atom. The number of benzene rings is 3. The second kappa shape index (κ2) is 14.8. The van der Waals surface area contributed by atoms with Gasteiger partial charge in [0, 0.05) is 36.8 Å². The SMILES string of the molecule is CNC(=O)CCc1ccc(NC(=O)[C@H](CC(C)(C)C)NC(=O)c2cccc(CNC(=O)c3ccc(OC)cc3)c2)cc1. The van der Waals surface area contributed by atoms with Crippen LogP contribution in [0.5, 0.6) is 5.75 Å². The summed E-state index contributed by atoms with van der Waals surface area (Å²) in [5.41, 5.74) is 2.99. The quantitative estimate of drug-likeness (QED) is 0.255. The summed E-state index contributed by atoms with van der Waals surface area (Å²) in [5, 5.41) is 11.3. The summed E-state index contributed by atoms with van der Waals surface area (Å²) in [6.07, 6.45) is 1.41. The van der Waals surface area contributed by atoms with Crippen molar-refractivity contribution >= 4 is 29.3 Å². The maximum Gasteiger partial charge on any atom is 0.251 e. The number of nitrogens with one attached hydrogen (secondary N) is 4. The van der Waals surface area contributed by atoms with Crippen LogP contribution >= 0.6 is 0 Å². The molecule has 0 radical (unpaired) electrons. The van der Waals surface area contributed by atoms with Gasteiger partial charge in [0.15, 0.2) is 0 Å². The largest absolute Gasteiger partial charge is 0.497 e. The highest BCUT2D eigenvalue weighted by atomic mass is 16.5. The van der Waals surface area contributed by atoms with E-state index < -0.39 is 6.04 Å². The fourth-order valence-corrected chi connectivity index (χ4v) is 4.28. The Morgan fingerprint density at radius 1 is 0.833 bits per heavy atom. The van der Waals surface area contributed by atoms with Gasteiger partial charge in [-0.2, -0.15) is 0 Å². The summed E-state index contributed by atoms with van der Waals surface area (Å²) >= 11 is 0. The number of hydrogen-bond acceptors (Lipinski definition) is 5. The summed E-state index contributed by atoms with van der Waals surface area (Å²) in [5.74, 6) is -0.311. The van der Waals surface area contributed by atoms with E-state index in [0.29, 0.717) is 41.8 Å². The van der Waals surface area contributed by atoms with Crippen LogP contribution in [0, 0.1) is 5.41 Å². The minimum atomic E-state index is -0.774. The number of ether oxygens (including phenoxy) is 1. The first kappa shape index (κ1) is 31.9. The molecule has 4 N–H and O–H groups in total. The van der Waals surface area contributed by atoms with E-state index in [9.17, 15) is 19.2 Å². The average Bonchev–Trinajstić information content (AvgIpc) is 2.98. The molecule has 0 aliphatic rings. The highest BCUT2D eigenvalue weighted by Gasteiger charge is 2.27. The Bertz CT molecular complexity index is 1380. The lowest BCUT2D eigenvalue weighted by atomic mass is 9.87. The molecule has 0 saturated carbocycles. The Balaban J connectivity index is 1.63. The zero-order chi connectivity index (χ0) is 30.7. The minimum Gasteiger partial charge on any atom is -0.497 e. The number of amides is 4. The summed E-state index contributed by atoms with van der Waals surface area (Å²) in [6, 6.07) is 20.3. The Labute approximate surface area is 247 Å². The van der Waals surface area contributed by atoms with Gasteiger partial charge in [0.1, 0.15) is 11.8 Å². The molecule has 0 aliphatic carbocycles. The van der Waals surface area contributed by atoms with E-state index in [-0.39, 0.29) is 35.6 Å². The molecular formula is C33H40N4O5.